The molecule has 0 aromatic carbocycles. The van der Waals surface area contributed by atoms with Crippen LogP contribution in [0.15, 0.2) is 11.1 Å². The van der Waals surface area contributed by atoms with Gasteiger partial charge in [0.2, 0.25) is 0 Å². The lowest BCUT2D eigenvalue weighted by molar-refractivity contribution is -0.151. The molecular weight excluding hydrogens is 144 g/mol. The van der Waals surface area contributed by atoms with Crippen molar-refractivity contribution in [3.63, 3.8) is 0 Å². The molecule has 0 fully saturated rings. The maximum Gasteiger partial charge on any atom is 0.342 e. The number of hydrogen-bond donors (Lipinski definition) is 0. The molecule has 2 aliphatic rings. The second-order valence-corrected chi connectivity index (χ2v) is 3.15. The molecule has 1 aliphatic heterocycles. The molecule has 0 saturated carbocycles. The summed E-state index contributed by atoms with van der Waals surface area (Å²) >= 11 is 0. The third kappa shape index (κ3) is 0.803. The molecule has 3 heteroatoms. The Bertz CT molecular complexity index is 249. The van der Waals surface area contributed by atoms with Gasteiger partial charge >= 0.3 is 11.9 Å². The molecule has 0 N–H and O–H groups in total. The molecule has 0 spiro atoms. The van der Waals surface area contributed by atoms with E-state index in [1.54, 1.807) is 0 Å². The molecule has 0 radical (unpaired) electrons. The van der Waals surface area contributed by atoms with Gasteiger partial charge < -0.3 is 4.74 Å². The molecule has 0 unspecified atom stereocenters. The van der Waals surface area contributed by atoms with E-state index in [0.717, 1.165) is 0 Å². The molecule has 3 nitrogen and oxygen atoms in total. The predicted molar refractivity (Wildman–Crippen MR) is 36.5 cm³/mol. The van der Waals surface area contributed by atoms with Crippen LogP contribution in [0.2, 0.25) is 0 Å². The fourth-order valence-electron chi connectivity index (χ4n) is 1.64. The summed E-state index contributed by atoms with van der Waals surface area (Å²) in [6.07, 6.45) is 1.42. The maximum absolute atomic E-state index is 10.9. The summed E-state index contributed by atoms with van der Waals surface area (Å²) < 4.78 is 4.42. The Kier molecular flexibility index (Phi) is 1.16. The molecule has 1 heterocycles. The van der Waals surface area contributed by atoms with Crippen LogP contribution in [0.4, 0.5) is 0 Å². The van der Waals surface area contributed by atoms with Gasteiger partial charge in [-0.3, -0.25) is 0 Å². The first-order valence-corrected chi connectivity index (χ1v) is 3.67. The number of cyclic esters (lactones) is 2. The molecule has 0 aromatic rings. The van der Waals surface area contributed by atoms with Crippen molar-refractivity contribution in [3.8, 4) is 0 Å². The minimum atomic E-state index is -0.422. The lowest BCUT2D eigenvalue weighted by Crippen LogP contribution is -2.07. The van der Waals surface area contributed by atoms with Crippen molar-refractivity contribution in [2.24, 2.45) is 5.92 Å². The Morgan fingerprint density at radius 2 is 1.64 bits per heavy atom. The van der Waals surface area contributed by atoms with Crippen molar-refractivity contribution in [1.82, 2.24) is 0 Å². The molecule has 1 aliphatic carbocycles. The Labute approximate surface area is 64.0 Å². The summed E-state index contributed by atoms with van der Waals surface area (Å²) in [5, 5.41) is 0. The molecular formula is C8H8O3. The quantitative estimate of drug-likeness (QED) is 0.381. The van der Waals surface area contributed by atoms with Gasteiger partial charge in [0.15, 0.2) is 0 Å². The zero-order valence-corrected chi connectivity index (χ0v) is 6.22. The van der Waals surface area contributed by atoms with Crippen molar-refractivity contribution >= 4 is 11.9 Å². The van der Waals surface area contributed by atoms with Crippen LogP contribution in [0.25, 0.3) is 0 Å². The van der Waals surface area contributed by atoms with Gasteiger partial charge in [-0.05, 0) is 18.8 Å². The van der Waals surface area contributed by atoms with E-state index in [2.05, 4.69) is 4.74 Å². The third-order valence-corrected chi connectivity index (χ3v) is 2.15. The number of hydrogen-bond acceptors (Lipinski definition) is 3. The number of esters is 2. The van der Waals surface area contributed by atoms with Gasteiger partial charge in [0.05, 0.1) is 0 Å². The van der Waals surface area contributed by atoms with E-state index in [4.69, 9.17) is 0 Å². The summed E-state index contributed by atoms with van der Waals surface area (Å²) in [7, 11) is 0. The predicted octanol–water partition coefficient (Wildman–Crippen LogP) is 0.796. The highest BCUT2D eigenvalue weighted by atomic mass is 16.6. The second kappa shape index (κ2) is 1.94. The van der Waals surface area contributed by atoms with Crippen molar-refractivity contribution < 1.29 is 14.3 Å². The largest absolute Gasteiger partial charge is 0.386 e. The summed E-state index contributed by atoms with van der Waals surface area (Å²) in [4.78, 5) is 21.8. The molecule has 0 saturated heterocycles. The second-order valence-electron chi connectivity index (χ2n) is 3.15. The van der Waals surface area contributed by atoms with Gasteiger partial charge in [-0.1, -0.05) is 6.92 Å². The van der Waals surface area contributed by atoms with Crippen LogP contribution in [0.5, 0.6) is 0 Å². The number of carbonyl (C=O) groups excluding carboxylic acids is 2. The minimum absolute atomic E-state index is 0.422. The van der Waals surface area contributed by atoms with Gasteiger partial charge in [0.25, 0.3) is 0 Å². The van der Waals surface area contributed by atoms with Gasteiger partial charge in [0, 0.05) is 11.1 Å². The molecule has 0 atom stereocenters. The Hall–Kier alpha value is -1.12. The molecule has 0 bridgehead atoms. The zero-order chi connectivity index (χ0) is 8.01. The van der Waals surface area contributed by atoms with E-state index in [1.807, 2.05) is 6.92 Å². The molecule has 2 rings (SSSR count). The van der Waals surface area contributed by atoms with E-state index in [0.29, 0.717) is 29.9 Å². The van der Waals surface area contributed by atoms with Gasteiger partial charge in [-0.2, -0.15) is 0 Å². The molecule has 0 amide bonds. The van der Waals surface area contributed by atoms with Crippen molar-refractivity contribution in [1.29, 1.82) is 0 Å². The number of carbonyl (C=O) groups is 2. The Morgan fingerprint density at radius 3 is 2.09 bits per heavy atom. The standard InChI is InChI=1S/C8H8O3/c1-4-2-5-6(3-4)8(10)11-7(5)9/h4H,2-3H2,1H3. The highest BCUT2D eigenvalue weighted by Crippen LogP contribution is 2.36. The van der Waals surface area contributed by atoms with Crippen molar-refractivity contribution in [2.45, 2.75) is 19.8 Å². The lowest BCUT2D eigenvalue weighted by atomic mass is 10.1. The van der Waals surface area contributed by atoms with Crippen LogP contribution in [-0.2, 0) is 14.3 Å². The number of rotatable bonds is 0. The number of ether oxygens (including phenoxy) is 1. The zero-order valence-electron chi connectivity index (χ0n) is 6.22. The summed E-state index contributed by atoms with van der Waals surface area (Å²) in [5.74, 6) is -0.416. The third-order valence-electron chi connectivity index (χ3n) is 2.15. The SMILES string of the molecule is CC1CC2=C(C1)C(=O)OC2=O. The van der Waals surface area contributed by atoms with E-state index in [1.165, 1.54) is 0 Å². The molecule has 11 heavy (non-hydrogen) atoms. The lowest BCUT2D eigenvalue weighted by Gasteiger charge is -2.01. The van der Waals surface area contributed by atoms with Gasteiger partial charge in [-0.15, -0.1) is 0 Å². The van der Waals surface area contributed by atoms with Crippen LogP contribution >= 0.6 is 0 Å². The van der Waals surface area contributed by atoms with Crippen LogP contribution in [0.1, 0.15) is 19.8 Å². The topological polar surface area (TPSA) is 43.4 Å². The molecule has 0 aromatic heterocycles. The minimum Gasteiger partial charge on any atom is -0.386 e. The Morgan fingerprint density at radius 1 is 1.18 bits per heavy atom. The summed E-state index contributed by atoms with van der Waals surface area (Å²) in [5.41, 5.74) is 1.23. The highest BCUT2D eigenvalue weighted by Gasteiger charge is 2.38. The normalized spacial score (nSPS) is 24.5. The first-order valence-electron chi connectivity index (χ1n) is 3.67. The fraction of sp³-hybridized carbons (Fsp3) is 0.500. The van der Waals surface area contributed by atoms with E-state index >= 15 is 0 Å². The maximum atomic E-state index is 10.9. The first kappa shape index (κ1) is 6.58. The van der Waals surface area contributed by atoms with Crippen molar-refractivity contribution in [3.05, 3.63) is 11.1 Å². The van der Waals surface area contributed by atoms with Crippen LogP contribution in [0, 0.1) is 5.92 Å². The average molecular weight is 152 g/mol. The first-order chi connectivity index (χ1) is 5.18. The van der Waals surface area contributed by atoms with Crippen LogP contribution in [-0.4, -0.2) is 11.9 Å². The van der Waals surface area contributed by atoms with Crippen LogP contribution < -0.4 is 0 Å². The van der Waals surface area contributed by atoms with Crippen molar-refractivity contribution in [2.75, 3.05) is 0 Å². The van der Waals surface area contributed by atoms with Gasteiger partial charge in [-0.25, -0.2) is 9.59 Å². The summed E-state index contributed by atoms with van der Waals surface area (Å²) in [6, 6.07) is 0. The van der Waals surface area contributed by atoms with Crippen LogP contribution in [0.3, 0.4) is 0 Å². The Balaban J connectivity index is 2.37. The molecule has 58 valence electrons. The smallest absolute Gasteiger partial charge is 0.342 e. The highest BCUT2D eigenvalue weighted by molar-refractivity contribution is 6.13. The monoisotopic (exact) mass is 152 g/mol. The fourth-order valence-corrected chi connectivity index (χ4v) is 1.64. The van der Waals surface area contributed by atoms with E-state index in [-0.39, 0.29) is 0 Å². The van der Waals surface area contributed by atoms with E-state index in [9.17, 15) is 9.59 Å². The van der Waals surface area contributed by atoms with E-state index < -0.39 is 11.9 Å². The van der Waals surface area contributed by atoms with Gasteiger partial charge in [0.1, 0.15) is 0 Å². The average Bonchev–Trinajstić information content (AvgIpc) is 2.38. The summed E-state index contributed by atoms with van der Waals surface area (Å²) in [6.45, 7) is 2.03.